The molecule has 2 aromatic rings. The Bertz CT molecular complexity index is 814. The van der Waals surface area contributed by atoms with Gasteiger partial charge in [0.1, 0.15) is 17.6 Å². The first kappa shape index (κ1) is 22.7. The van der Waals surface area contributed by atoms with Crippen LogP contribution in [0.4, 0.5) is 4.39 Å². The number of carbonyl (C=O) groups is 2. The number of methoxy groups -OCH3 is 1. The highest BCUT2D eigenvalue weighted by Crippen LogP contribution is 2.19. The van der Waals surface area contributed by atoms with Crippen LogP contribution in [0, 0.1) is 5.82 Å². The van der Waals surface area contributed by atoms with Crippen molar-refractivity contribution in [2.24, 2.45) is 0 Å². The fourth-order valence-corrected chi connectivity index (χ4v) is 3.65. The van der Waals surface area contributed by atoms with Crippen LogP contribution in [0.15, 0.2) is 48.5 Å². The van der Waals surface area contributed by atoms with E-state index in [1.54, 1.807) is 32.2 Å². The van der Waals surface area contributed by atoms with Gasteiger partial charge in [-0.15, -0.1) is 11.8 Å². The Hall–Kier alpha value is -2.54. The normalized spacial score (nSPS) is 11.6. The van der Waals surface area contributed by atoms with Gasteiger partial charge in [0.15, 0.2) is 0 Å². The quantitative estimate of drug-likeness (QED) is 0.640. The van der Waals surface area contributed by atoms with E-state index in [4.69, 9.17) is 4.74 Å². The molecule has 1 atom stereocenters. The van der Waals surface area contributed by atoms with Gasteiger partial charge in [0.25, 0.3) is 0 Å². The standard InChI is InChI=1S/C22H27FN2O3S/c1-4-24-22(27)16(2)25(13-18-7-5-6-8-20(18)23)21(26)15-29-14-17-9-11-19(28-3)12-10-17/h5-12,16H,4,13-15H2,1-3H3,(H,24,27)/t16-/m0/s1. The van der Waals surface area contributed by atoms with E-state index in [2.05, 4.69) is 5.32 Å². The fourth-order valence-electron chi connectivity index (χ4n) is 2.78. The maximum atomic E-state index is 14.1. The Labute approximate surface area is 175 Å². The second kappa shape index (κ2) is 11.5. The zero-order valence-corrected chi connectivity index (χ0v) is 17.8. The van der Waals surface area contributed by atoms with Crippen molar-refractivity contribution in [2.75, 3.05) is 19.4 Å². The number of benzene rings is 2. The van der Waals surface area contributed by atoms with Crippen LogP contribution in [0.25, 0.3) is 0 Å². The average Bonchev–Trinajstić information content (AvgIpc) is 2.73. The van der Waals surface area contributed by atoms with Crippen molar-refractivity contribution in [3.63, 3.8) is 0 Å². The lowest BCUT2D eigenvalue weighted by molar-refractivity contribution is -0.138. The molecule has 29 heavy (non-hydrogen) atoms. The van der Waals surface area contributed by atoms with E-state index < -0.39 is 6.04 Å². The smallest absolute Gasteiger partial charge is 0.242 e. The summed E-state index contributed by atoms with van der Waals surface area (Å²) in [5.74, 6) is 0.784. The van der Waals surface area contributed by atoms with Crippen molar-refractivity contribution in [2.45, 2.75) is 32.2 Å². The Morgan fingerprint density at radius 3 is 2.48 bits per heavy atom. The summed E-state index contributed by atoms with van der Waals surface area (Å²) in [5.41, 5.74) is 1.46. The van der Waals surface area contributed by atoms with E-state index >= 15 is 0 Å². The number of amides is 2. The van der Waals surface area contributed by atoms with E-state index in [9.17, 15) is 14.0 Å². The van der Waals surface area contributed by atoms with E-state index in [0.29, 0.717) is 17.9 Å². The molecule has 0 aliphatic carbocycles. The van der Waals surface area contributed by atoms with Crippen LogP contribution in [0.3, 0.4) is 0 Å². The molecule has 1 N–H and O–H groups in total. The number of rotatable bonds is 10. The van der Waals surface area contributed by atoms with Crippen LogP contribution in [0.2, 0.25) is 0 Å². The van der Waals surface area contributed by atoms with Crippen LogP contribution in [-0.4, -0.2) is 42.2 Å². The van der Waals surface area contributed by atoms with Crippen LogP contribution in [-0.2, 0) is 21.9 Å². The fraction of sp³-hybridized carbons (Fsp3) is 0.364. The number of nitrogens with one attached hydrogen (secondary N) is 1. The van der Waals surface area contributed by atoms with Gasteiger partial charge in [-0.1, -0.05) is 30.3 Å². The van der Waals surface area contributed by atoms with Crippen LogP contribution in [0.1, 0.15) is 25.0 Å². The van der Waals surface area contributed by atoms with Crippen molar-refractivity contribution in [1.29, 1.82) is 0 Å². The van der Waals surface area contributed by atoms with Gasteiger partial charge in [0.2, 0.25) is 11.8 Å². The van der Waals surface area contributed by atoms with Crippen LogP contribution < -0.4 is 10.1 Å². The van der Waals surface area contributed by atoms with Gasteiger partial charge in [0.05, 0.1) is 12.9 Å². The monoisotopic (exact) mass is 418 g/mol. The van der Waals surface area contributed by atoms with Gasteiger partial charge in [-0.25, -0.2) is 4.39 Å². The molecular formula is C22H27FN2O3S. The lowest BCUT2D eigenvalue weighted by atomic mass is 10.1. The number of thioether (sulfide) groups is 1. The van der Waals surface area contributed by atoms with Crippen molar-refractivity contribution in [1.82, 2.24) is 10.2 Å². The zero-order valence-electron chi connectivity index (χ0n) is 17.0. The maximum Gasteiger partial charge on any atom is 0.242 e. The summed E-state index contributed by atoms with van der Waals surface area (Å²) in [6.07, 6.45) is 0. The first-order valence-electron chi connectivity index (χ1n) is 9.47. The Balaban J connectivity index is 2.04. The molecular weight excluding hydrogens is 391 g/mol. The van der Waals surface area contributed by atoms with Gasteiger partial charge >= 0.3 is 0 Å². The third-order valence-corrected chi connectivity index (χ3v) is 5.46. The lowest BCUT2D eigenvalue weighted by Gasteiger charge is -2.28. The zero-order chi connectivity index (χ0) is 21.2. The molecule has 0 bridgehead atoms. The van der Waals surface area contributed by atoms with Crippen molar-refractivity contribution in [3.05, 3.63) is 65.5 Å². The highest BCUT2D eigenvalue weighted by atomic mass is 32.2. The summed E-state index contributed by atoms with van der Waals surface area (Å²) in [4.78, 5) is 26.6. The predicted molar refractivity (Wildman–Crippen MR) is 114 cm³/mol. The number of likely N-dealkylation sites (N-methyl/N-ethyl adjacent to an activating group) is 1. The number of hydrogen-bond acceptors (Lipinski definition) is 4. The topological polar surface area (TPSA) is 58.6 Å². The molecule has 0 saturated heterocycles. The van der Waals surface area contributed by atoms with E-state index in [-0.39, 0.29) is 29.9 Å². The minimum Gasteiger partial charge on any atom is -0.497 e. The SMILES string of the molecule is CCNC(=O)[C@H](C)N(Cc1ccccc1F)C(=O)CSCc1ccc(OC)cc1. The lowest BCUT2D eigenvalue weighted by Crippen LogP contribution is -2.48. The summed E-state index contributed by atoms with van der Waals surface area (Å²) >= 11 is 1.46. The Morgan fingerprint density at radius 2 is 1.86 bits per heavy atom. The first-order chi connectivity index (χ1) is 14.0. The van der Waals surface area contributed by atoms with Gasteiger partial charge in [-0.3, -0.25) is 9.59 Å². The molecule has 0 aliphatic heterocycles. The number of ether oxygens (including phenoxy) is 1. The second-order valence-corrected chi connectivity index (χ2v) is 7.51. The third kappa shape index (κ3) is 6.78. The van der Waals surface area contributed by atoms with E-state index in [1.165, 1.54) is 22.7 Å². The molecule has 0 fully saturated rings. The molecule has 0 unspecified atom stereocenters. The van der Waals surface area contributed by atoms with E-state index in [1.807, 2.05) is 31.2 Å². The maximum absolute atomic E-state index is 14.1. The highest BCUT2D eigenvalue weighted by Gasteiger charge is 2.26. The summed E-state index contributed by atoms with van der Waals surface area (Å²) in [7, 11) is 1.61. The molecule has 0 heterocycles. The Morgan fingerprint density at radius 1 is 1.17 bits per heavy atom. The summed E-state index contributed by atoms with van der Waals surface area (Å²) in [6, 6.07) is 13.3. The average molecular weight is 419 g/mol. The first-order valence-corrected chi connectivity index (χ1v) is 10.6. The molecule has 2 amide bonds. The molecule has 0 aromatic heterocycles. The van der Waals surface area contributed by atoms with Gasteiger partial charge < -0.3 is 15.0 Å². The van der Waals surface area contributed by atoms with Crippen molar-refractivity contribution >= 4 is 23.6 Å². The number of nitrogens with zero attached hydrogens (tertiary/aromatic N) is 1. The number of halogens is 1. The largest absolute Gasteiger partial charge is 0.497 e. The minimum absolute atomic E-state index is 0.0485. The summed E-state index contributed by atoms with van der Waals surface area (Å²) < 4.78 is 19.2. The molecule has 0 aliphatic rings. The second-order valence-electron chi connectivity index (χ2n) is 6.52. The highest BCUT2D eigenvalue weighted by molar-refractivity contribution is 7.99. The van der Waals surface area contributed by atoms with Crippen LogP contribution in [0.5, 0.6) is 5.75 Å². The molecule has 0 radical (unpaired) electrons. The van der Waals surface area contributed by atoms with Gasteiger partial charge in [0, 0.05) is 24.4 Å². The number of carbonyl (C=O) groups excluding carboxylic acids is 2. The third-order valence-electron chi connectivity index (χ3n) is 4.47. The van der Waals surface area contributed by atoms with Gasteiger partial charge in [-0.05, 0) is 37.6 Å². The Kier molecular flexibility index (Phi) is 8.99. The molecule has 2 rings (SSSR count). The molecule has 7 heteroatoms. The van der Waals surface area contributed by atoms with Crippen molar-refractivity contribution in [3.8, 4) is 5.75 Å². The summed E-state index contributed by atoms with van der Waals surface area (Å²) in [5, 5.41) is 2.73. The molecule has 2 aromatic carbocycles. The predicted octanol–water partition coefficient (Wildman–Crippen LogP) is 3.62. The summed E-state index contributed by atoms with van der Waals surface area (Å²) in [6.45, 7) is 4.00. The van der Waals surface area contributed by atoms with Crippen LogP contribution >= 0.6 is 11.8 Å². The number of hydrogen-bond donors (Lipinski definition) is 1. The minimum atomic E-state index is -0.691. The molecule has 0 spiro atoms. The van der Waals surface area contributed by atoms with Crippen molar-refractivity contribution < 1.29 is 18.7 Å². The molecule has 0 saturated carbocycles. The van der Waals surface area contributed by atoms with Gasteiger partial charge in [-0.2, -0.15) is 0 Å². The van der Waals surface area contributed by atoms with E-state index in [0.717, 1.165) is 11.3 Å². The molecule has 156 valence electrons. The molecule has 5 nitrogen and oxygen atoms in total.